The lowest BCUT2D eigenvalue weighted by Gasteiger charge is -2.06. The molecule has 0 bridgehead atoms. The molecule has 3 aromatic rings. The first-order valence-electron chi connectivity index (χ1n) is 8.08. The summed E-state index contributed by atoms with van der Waals surface area (Å²) in [4.78, 5) is 24.3. The largest absolute Gasteiger partial charge is 0.461 e. The van der Waals surface area contributed by atoms with Crippen LogP contribution in [0.15, 0.2) is 46.2 Å². The van der Waals surface area contributed by atoms with Gasteiger partial charge in [0.05, 0.1) is 17.9 Å². The third kappa shape index (κ3) is 2.82. The highest BCUT2D eigenvalue weighted by Crippen LogP contribution is 2.33. The minimum absolute atomic E-state index is 0.0214. The summed E-state index contributed by atoms with van der Waals surface area (Å²) in [7, 11) is 1.83. The molecule has 0 radical (unpaired) electrons. The quantitative estimate of drug-likeness (QED) is 0.550. The summed E-state index contributed by atoms with van der Waals surface area (Å²) in [6.45, 7) is 1.83. The number of hydrogen-bond donors (Lipinski definition) is 1. The molecule has 1 amide bonds. The van der Waals surface area contributed by atoms with Crippen molar-refractivity contribution in [1.29, 1.82) is 0 Å². The first-order valence-corrected chi connectivity index (χ1v) is 9.07. The van der Waals surface area contributed by atoms with E-state index in [1.807, 2.05) is 20.0 Å². The van der Waals surface area contributed by atoms with Gasteiger partial charge in [-0.15, -0.1) is 10.2 Å². The highest BCUT2D eigenvalue weighted by Gasteiger charge is 2.27. The van der Waals surface area contributed by atoms with E-state index in [0.717, 1.165) is 11.3 Å². The number of thioether (sulfide) groups is 1. The van der Waals surface area contributed by atoms with Gasteiger partial charge in [0, 0.05) is 18.3 Å². The molecule has 4 rings (SSSR count). The van der Waals surface area contributed by atoms with Crippen molar-refractivity contribution in [1.82, 2.24) is 14.8 Å². The van der Waals surface area contributed by atoms with E-state index in [1.54, 1.807) is 35.1 Å². The number of amides is 1. The number of nitrogens with zero attached hydrogens (tertiary/aromatic N) is 3. The van der Waals surface area contributed by atoms with Crippen molar-refractivity contribution in [3.63, 3.8) is 0 Å². The van der Waals surface area contributed by atoms with Crippen molar-refractivity contribution >= 4 is 29.1 Å². The van der Waals surface area contributed by atoms with E-state index in [2.05, 4.69) is 15.5 Å². The predicted octanol–water partition coefficient (Wildman–Crippen LogP) is 3.11. The van der Waals surface area contributed by atoms with Crippen LogP contribution in [0.2, 0.25) is 0 Å². The number of fused-ring (bicyclic) bond motifs is 1. The molecule has 1 aliphatic heterocycles. The molecule has 0 saturated carbocycles. The fourth-order valence-electron chi connectivity index (χ4n) is 2.86. The number of carbonyl (C=O) groups is 2. The standard InChI is InChI=1S/C18H16N4O3S/c1-10-12-8-11(5-6-13(12)19-17(10)24)14(23)9-26-18-21-20-16(22(18)2)15-4-3-7-25-15/h3-8,10H,9H2,1-2H3,(H,19,24)/t10-/m1/s1. The van der Waals surface area contributed by atoms with Crippen LogP contribution in [0, 0.1) is 0 Å². The van der Waals surface area contributed by atoms with Gasteiger partial charge in [-0.3, -0.25) is 9.59 Å². The highest BCUT2D eigenvalue weighted by molar-refractivity contribution is 7.99. The number of Topliss-reactive ketones (excluding diaryl/α,β-unsaturated/α-hetero) is 1. The SMILES string of the molecule is C[C@H]1C(=O)Nc2ccc(C(=O)CSc3nnc(-c4ccco4)n3C)cc21. The highest BCUT2D eigenvalue weighted by atomic mass is 32.2. The summed E-state index contributed by atoms with van der Waals surface area (Å²) >= 11 is 1.32. The number of rotatable bonds is 5. The molecule has 0 unspecified atom stereocenters. The van der Waals surface area contributed by atoms with Crippen LogP contribution in [0.25, 0.3) is 11.6 Å². The summed E-state index contributed by atoms with van der Waals surface area (Å²) in [5, 5.41) is 11.7. The molecule has 7 nitrogen and oxygen atoms in total. The molecule has 132 valence electrons. The molecule has 0 aliphatic carbocycles. The molecular formula is C18H16N4O3S. The van der Waals surface area contributed by atoms with E-state index in [9.17, 15) is 9.59 Å². The summed E-state index contributed by atoms with van der Waals surface area (Å²) in [6.07, 6.45) is 1.58. The number of hydrogen-bond acceptors (Lipinski definition) is 6. The van der Waals surface area contributed by atoms with Gasteiger partial charge in [0.1, 0.15) is 0 Å². The molecule has 26 heavy (non-hydrogen) atoms. The van der Waals surface area contributed by atoms with Crippen LogP contribution in [-0.4, -0.2) is 32.2 Å². The van der Waals surface area contributed by atoms with Crippen LogP contribution in [0.5, 0.6) is 0 Å². The molecule has 0 saturated heterocycles. The van der Waals surface area contributed by atoms with Crippen molar-refractivity contribution < 1.29 is 14.0 Å². The Balaban J connectivity index is 1.48. The van der Waals surface area contributed by atoms with E-state index >= 15 is 0 Å². The van der Waals surface area contributed by atoms with Gasteiger partial charge >= 0.3 is 0 Å². The van der Waals surface area contributed by atoms with E-state index in [0.29, 0.717) is 22.3 Å². The second-order valence-electron chi connectivity index (χ2n) is 6.07. The van der Waals surface area contributed by atoms with Crippen LogP contribution in [0.4, 0.5) is 5.69 Å². The molecule has 1 N–H and O–H groups in total. The number of carbonyl (C=O) groups excluding carboxylic acids is 2. The van der Waals surface area contributed by atoms with Gasteiger partial charge in [-0.25, -0.2) is 0 Å². The number of furan rings is 1. The molecule has 2 aromatic heterocycles. The van der Waals surface area contributed by atoms with E-state index in [4.69, 9.17) is 4.42 Å². The number of anilines is 1. The fourth-order valence-corrected chi connectivity index (χ4v) is 3.67. The minimum Gasteiger partial charge on any atom is -0.461 e. The first-order chi connectivity index (χ1) is 12.5. The minimum atomic E-state index is -0.236. The van der Waals surface area contributed by atoms with Gasteiger partial charge < -0.3 is 14.3 Å². The van der Waals surface area contributed by atoms with Crippen LogP contribution in [0.3, 0.4) is 0 Å². The zero-order valence-corrected chi connectivity index (χ0v) is 15.0. The lowest BCUT2D eigenvalue weighted by molar-refractivity contribution is -0.116. The van der Waals surface area contributed by atoms with Gasteiger partial charge in [0.15, 0.2) is 22.5 Å². The molecule has 1 aromatic carbocycles. The average Bonchev–Trinajstić information content (AvgIpc) is 3.34. The first kappa shape index (κ1) is 16.6. The van der Waals surface area contributed by atoms with Gasteiger partial charge in [-0.05, 0) is 42.8 Å². The van der Waals surface area contributed by atoms with Crippen LogP contribution < -0.4 is 5.32 Å². The smallest absolute Gasteiger partial charge is 0.231 e. The Morgan fingerprint density at radius 1 is 1.35 bits per heavy atom. The maximum Gasteiger partial charge on any atom is 0.231 e. The predicted molar refractivity (Wildman–Crippen MR) is 97.2 cm³/mol. The summed E-state index contributed by atoms with van der Waals surface area (Å²) < 4.78 is 7.13. The van der Waals surface area contributed by atoms with E-state index < -0.39 is 0 Å². The molecule has 8 heteroatoms. The molecule has 1 atom stereocenters. The number of benzene rings is 1. The Kier molecular flexibility index (Phi) is 4.12. The van der Waals surface area contributed by atoms with Crippen LogP contribution in [0.1, 0.15) is 28.8 Å². The van der Waals surface area contributed by atoms with Crippen molar-refractivity contribution in [2.24, 2.45) is 7.05 Å². The second kappa shape index (κ2) is 6.45. The van der Waals surface area contributed by atoms with E-state index in [-0.39, 0.29) is 23.4 Å². The lowest BCUT2D eigenvalue weighted by Crippen LogP contribution is -2.08. The van der Waals surface area contributed by atoms with Crippen LogP contribution >= 0.6 is 11.8 Å². The topological polar surface area (TPSA) is 90.0 Å². The van der Waals surface area contributed by atoms with Gasteiger partial charge in [-0.1, -0.05) is 11.8 Å². The molecule has 1 aliphatic rings. The number of ketones is 1. The van der Waals surface area contributed by atoms with Gasteiger partial charge in [-0.2, -0.15) is 0 Å². The fraction of sp³-hybridized carbons (Fsp3) is 0.222. The second-order valence-corrected chi connectivity index (χ2v) is 7.01. The van der Waals surface area contributed by atoms with Gasteiger partial charge in [0.25, 0.3) is 0 Å². The van der Waals surface area contributed by atoms with Crippen molar-refractivity contribution in [2.75, 3.05) is 11.1 Å². The number of nitrogens with one attached hydrogen (secondary N) is 1. The lowest BCUT2D eigenvalue weighted by atomic mass is 9.99. The molecular weight excluding hydrogens is 352 g/mol. The molecule has 0 fully saturated rings. The Morgan fingerprint density at radius 2 is 2.19 bits per heavy atom. The maximum atomic E-state index is 12.6. The molecule has 0 spiro atoms. The van der Waals surface area contributed by atoms with Crippen molar-refractivity contribution in [3.05, 3.63) is 47.7 Å². The zero-order valence-electron chi connectivity index (χ0n) is 14.2. The zero-order chi connectivity index (χ0) is 18.3. The van der Waals surface area contributed by atoms with Crippen molar-refractivity contribution in [2.45, 2.75) is 18.0 Å². The Labute approximate surface area is 153 Å². The molecule has 3 heterocycles. The Morgan fingerprint density at radius 3 is 2.96 bits per heavy atom. The average molecular weight is 368 g/mol. The monoisotopic (exact) mass is 368 g/mol. The maximum absolute atomic E-state index is 12.6. The summed E-state index contributed by atoms with van der Waals surface area (Å²) in [6, 6.07) is 8.92. The summed E-state index contributed by atoms with van der Waals surface area (Å²) in [5.41, 5.74) is 2.24. The normalized spacial score (nSPS) is 15.8. The number of aromatic nitrogens is 3. The van der Waals surface area contributed by atoms with E-state index in [1.165, 1.54) is 11.8 Å². The third-order valence-corrected chi connectivity index (χ3v) is 5.42. The third-order valence-electron chi connectivity index (χ3n) is 4.40. The van der Waals surface area contributed by atoms with Gasteiger partial charge in [0.2, 0.25) is 5.91 Å². The van der Waals surface area contributed by atoms with Crippen molar-refractivity contribution in [3.8, 4) is 11.6 Å². The Bertz CT molecular complexity index is 994. The summed E-state index contributed by atoms with van der Waals surface area (Å²) in [5.74, 6) is 1.18. The van der Waals surface area contributed by atoms with Crippen LogP contribution in [-0.2, 0) is 11.8 Å². The Hall–Kier alpha value is -2.87.